The standard InChI is InChI=1S/C6H5ClF3N.C5H5N/c1-11-4(6(8,9)10)2-3-5(11)7;1-2-4-6-5-3-1/h2-3H,1H3;1-5H. The molecule has 0 unspecified atom stereocenters. The molecular weight excluding hydrogens is 253 g/mol. The van der Waals surface area contributed by atoms with E-state index in [2.05, 4.69) is 4.98 Å². The Morgan fingerprint density at radius 2 is 1.71 bits per heavy atom. The quantitative estimate of drug-likeness (QED) is 0.706. The predicted octanol–water partition coefficient (Wildman–Crippen LogP) is 3.78. The molecule has 0 aliphatic carbocycles. The first-order valence-electron chi connectivity index (χ1n) is 4.66. The number of rotatable bonds is 0. The van der Waals surface area contributed by atoms with Crippen molar-refractivity contribution in [2.45, 2.75) is 6.18 Å². The van der Waals surface area contributed by atoms with Crippen molar-refractivity contribution in [2.75, 3.05) is 0 Å². The second kappa shape index (κ2) is 5.72. The smallest absolute Gasteiger partial charge is 0.331 e. The number of nitrogens with zero attached hydrogens (tertiary/aromatic N) is 2. The summed E-state index contributed by atoms with van der Waals surface area (Å²) < 4.78 is 36.8. The van der Waals surface area contributed by atoms with Crippen molar-refractivity contribution in [2.24, 2.45) is 7.05 Å². The Labute approximate surface area is 102 Å². The summed E-state index contributed by atoms with van der Waals surface area (Å²) in [6, 6.07) is 7.87. The molecule has 2 heterocycles. The summed E-state index contributed by atoms with van der Waals surface area (Å²) in [4.78, 5) is 3.78. The molecule has 0 aromatic carbocycles. The molecule has 0 radical (unpaired) electrons. The third-order valence-corrected chi connectivity index (χ3v) is 2.30. The van der Waals surface area contributed by atoms with Gasteiger partial charge >= 0.3 is 6.18 Å². The normalized spacial score (nSPS) is 10.6. The number of hydrogen-bond donors (Lipinski definition) is 0. The van der Waals surface area contributed by atoms with Gasteiger partial charge in [-0.15, -0.1) is 0 Å². The van der Waals surface area contributed by atoms with Gasteiger partial charge in [0.25, 0.3) is 0 Å². The molecule has 0 aliphatic rings. The average Bonchev–Trinajstić information content (AvgIpc) is 2.62. The fourth-order valence-electron chi connectivity index (χ4n) is 1.08. The van der Waals surface area contributed by atoms with Crippen LogP contribution in [0.4, 0.5) is 13.2 Å². The highest BCUT2D eigenvalue weighted by Gasteiger charge is 2.33. The van der Waals surface area contributed by atoms with E-state index < -0.39 is 11.9 Å². The van der Waals surface area contributed by atoms with E-state index in [1.807, 2.05) is 18.2 Å². The summed E-state index contributed by atoms with van der Waals surface area (Å²) in [5, 5.41) is 0.0809. The van der Waals surface area contributed by atoms with Crippen LogP contribution in [0.2, 0.25) is 5.15 Å². The van der Waals surface area contributed by atoms with Crippen LogP contribution in [0.1, 0.15) is 5.69 Å². The van der Waals surface area contributed by atoms with Crippen LogP contribution in [0, 0.1) is 0 Å². The van der Waals surface area contributed by atoms with E-state index in [9.17, 15) is 13.2 Å². The van der Waals surface area contributed by atoms with Crippen molar-refractivity contribution >= 4 is 11.6 Å². The Hall–Kier alpha value is -1.49. The molecule has 0 saturated heterocycles. The molecule has 92 valence electrons. The van der Waals surface area contributed by atoms with Crippen molar-refractivity contribution in [1.29, 1.82) is 0 Å². The first-order valence-corrected chi connectivity index (χ1v) is 5.04. The van der Waals surface area contributed by atoms with Gasteiger partial charge in [-0.25, -0.2) is 0 Å². The van der Waals surface area contributed by atoms with Crippen LogP contribution in [0.5, 0.6) is 0 Å². The van der Waals surface area contributed by atoms with Gasteiger partial charge in [-0.2, -0.15) is 13.2 Å². The lowest BCUT2D eigenvalue weighted by Gasteiger charge is -2.07. The Kier molecular flexibility index (Phi) is 4.57. The molecule has 0 fully saturated rings. The summed E-state index contributed by atoms with van der Waals surface area (Å²) >= 11 is 5.40. The second-order valence-electron chi connectivity index (χ2n) is 3.12. The topological polar surface area (TPSA) is 17.8 Å². The van der Waals surface area contributed by atoms with Crippen LogP contribution < -0.4 is 0 Å². The molecule has 0 aliphatic heterocycles. The van der Waals surface area contributed by atoms with Crippen molar-refractivity contribution in [3.8, 4) is 0 Å². The highest BCUT2D eigenvalue weighted by atomic mass is 35.5. The number of halogens is 4. The number of aromatic nitrogens is 2. The van der Waals surface area contributed by atoms with Gasteiger partial charge < -0.3 is 4.57 Å². The number of hydrogen-bond acceptors (Lipinski definition) is 1. The fraction of sp³-hybridized carbons (Fsp3) is 0.182. The molecule has 0 spiro atoms. The molecule has 0 atom stereocenters. The third-order valence-electron chi connectivity index (χ3n) is 1.92. The molecule has 0 N–H and O–H groups in total. The SMILES string of the molecule is Cn1c(Cl)ccc1C(F)(F)F.c1ccncc1. The molecule has 6 heteroatoms. The van der Waals surface area contributed by atoms with Crippen LogP contribution in [0.25, 0.3) is 0 Å². The van der Waals surface area contributed by atoms with Crippen LogP contribution in [-0.2, 0) is 13.2 Å². The maximum atomic E-state index is 12.0. The minimum absolute atomic E-state index is 0.0809. The summed E-state index contributed by atoms with van der Waals surface area (Å²) in [6.45, 7) is 0. The largest absolute Gasteiger partial charge is 0.431 e. The molecule has 0 saturated carbocycles. The van der Waals surface area contributed by atoms with Gasteiger partial charge in [0.05, 0.1) is 0 Å². The third kappa shape index (κ3) is 4.11. The van der Waals surface area contributed by atoms with Crippen LogP contribution in [0.3, 0.4) is 0 Å². The lowest BCUT2D eigenvalue weighted by Crippen LogP contribution is -2.10. The molecular formula is C11H10ClF3N2. The Bertz CT molecular complexity index is 425. The maximum absolute atomic E-state index is 12.0. The molecule has 2 nitrogen and oxygen atoms in total. The Morgan fingerprint density at radius 1 is 1.12 bits per heavy atom. The number of pyridine rings is 1. The Balaban J connectivity index is 0.000000202. The van der Waals surface area contributed by atoms with Crippen molar-refractivity contribution in [1.82, 2.24) is 9.55 Å². The molecule has 0 bridgehead atoms. The summed E-state index contributed by atoms with van der Waals surface area (Å²) in [6.07, 6.45) is -0.818. The van der Waals surface area contributed by atoms with Crippen molar-refractivity contribution in [3.05, 3.63) is 53.6 Å². The van der Waals surface area contributed by atoms with E-state index in [0.29, 0.717) is 0 Å². The van der Waals surface area contributed by atoms with Gasteiger partial charge in [0.1, 0.15) is 10.8 Å². The van der Waals surface area contributed by atoms with E-state index in [1.165, 1.54) is 13.1 Å². The second-order valence-corrected chi connectivity index (χ2v) is 3.51. The van der Waals surface area contributed by atoms with Gasteiger partial charge in [-0.3, -0.25) is 4.98 Å². The highest BCUT2D eigenvalue weighted by molar-refractivity contribution is 6.29. The van der Waals surface area contributed by atoms with Gasteiger partial charge in [0, 0.05) is 19.4 Å². The van der Waals surface area contributed by atoms with Crippen LogP contribution in [0.15, 0.2) is 42.7 Å². The van der Waals surface area contributed by atoms with Crippen molar-refractivity contribution in [3.63, 3.8) is 0 Å². The van der Waals surface area contributed by atoms with Gasteiger partial charge in [0.2, 0.25) is 0 Å². The zero-order chi connectivity index (χ0) is 12.9. The molecule has 2 aromatic rings. The van der Waals surface area contributed by atoms with Gasteiger partial charge in [0.15, 0.2) is 0 Å². The van der Waals surface area contributed by atoms with Crippen LogP contribution >= 0.6 is 11.6 Å². The molecule has 2 aromatic heterocycles. The zero-order valence-electron chi connectivity index (χ0n) is 8.95. The first kappa shape index (κ1) is 13.6. The van der Waals surface area contributed by atoms with E-state index in [1.54, 1.807) is 12.4 Å². The zero-order valence-corrected chi connectivity index (χ0v) is 9.70. The van der Waals surface area contributed by atoms with E-state index in [0.717, 1.165) is 10.6 Å². The monoisotopic (exact) mass is 262 g/mol. The lowest BCUT2D eigenvalue weighted by molar-refractivity contribution is -0.143. The summed E-state index contributed by atoms with van der Waals surface area (Å²) in [7, 11) is 1.27. The van der Waals surface area contributed by atoms with E-state index in [-0.39, 0.29) is 5.15 Å². The molecule has 2 rings (SSSR count). The average molecular weight is 263 g/mol. The minimum Gasteiger partial charge on any atom is -0.331 e. The van der Waals surface area contributed by atoms with Crippen LogP contribution in [-0.4, -0.2) is 9.55 Å². The Morgan fingerprint density at radius 3 is 1.88 bits per heavy atom. The lowest BCUT2D eigenvalue weighted by atomic mass is 10.4. The molecule has 17 heavy (non-hydrogen) atoms. The number of alkyl halides is 3. The summed E-state index contributed by atoms with van der Waals surface area (Å²) in [5.74, 6) is 0. The van der Waals surface area contributed by atoms with E-state index in [4.69, 9.17) is 11.6 Å². The predicted molar refractivity (Wildman–Crippen MR) is 59.7 cm³/mol. The maximum Gasteiger partial charge on any atom is 0.431 e. The molecule has 0 amide bonds. The highest BCUT2D eigenvalue weighted by Crippen LogP contribution is 2.31. The van der Waals surface area contributed by atoms with Crippen molar-refractivity contribution < 1.29 is 13.2 Å². The van der Waals surface area contributed by atoms with E-state index >= 15 is 0 Å². The van der Waals surface area contributed by atoms with Gasteiger partial charge in [-0.1, -0.05) is 17.7 Å². The summed E-state index contributed by atoms with van der Waals surface area (Å²) in [5.41, 5.74) is -0.734. The van der Waals surface area contributed by atoms with Gasteiger partial charge in [-0.05, 0) is 24.3 Å². The fourth-order valence-corrected chi connectivity index (χ4v) is 1.24. The first-order chi connectivity index (χ1) is 7.93. The minimum atomic E-state index is -4.32.